The van der Waals surface area contributed by atoms with Gasteiger partial charge < -0.3 is 38.9 Å². The molecule has 0 unspecified atom stereocenters. The molecule has 0 aliphatic carbocycles. The van der Waals surface area contributed by atoms with Crippen molar-refractivity contribution in [2.24, 2.45) is 24.9 Å². The molecule has 4 aliphatic heterocycles. The van der Waals surface area contributed by atoms with Crippen LogP contribution in [0.3, 0.4) is 0 Å². The van der Waals surface area contributed by atoms with Gasteiger partial charge in [0.25, 0.3) is 11.8 Å². The molecule has 0 atom stereocenters. The summed E-state index contributed by atoms with van der Waals surface area (Å²) in [6.07, 6.45) is 2.82. The van der Waals surface area contributed by atoms with Crippen LogP contribution >= 0.6 is 23.2 Å². The Morgan fingerprint density at radius 2 is 1.03 bits per heavy atom. The molecule has 0 bridgehead atoms. The minimum Gasteiger partial charge on any atom is -0.475 e. The highest BCUT2D eigenvalue weighted by Crippen LogP contribution is 2.43. The molecular formula is C43H57Cl2F3N10O8. The second kappa shape index (κ2) is 20.0. The number of nitrogens with one attached hydrogen (secondary N) is 1. The van der Waals surface area contributed by atoms with E-state index in [4.69, 9.17) is 46.9 Å². The van der Waals surface area contributed by atoms with Gasteiger partial charge in [0.05, 0.1) is 0 Å². The molecule has 4 aliphatic rings. The highest BCUT2D eigenvalue weighted by atomic mass is 35.5. The average Bonchev–Trinajstić information content (AvgIpc) is 4.04. The van der Waals surface area contributed by atoms with E-state index in [2.05, 4.69) is 25.8 Å². The summed E-state index contributed by atoms with van der Waals surface area (Å²) in [6, 6.07) is 3.52. The number of carbonyl (C=O) groups excluding carboxylic acids is 3. The van der Waals surface area contributed by atoms with E-state index in [0.717, 1.165) is 64.7 Å². The van der Waals surface area contributed by atoms with E-state index in [-0.39, 0.29) is 23.3 Å². The maximum absolute atomic E-state index is 13.4. The van der Waals surface area contributed by atoms with Crippen molar-refractivity contribution in [1.82, 2.24) is 49.9 Å². The fourth-order valence-corrected chi connectivity index (χ4v) is 9.25. The van der Waals surface area contributed by atoms with Crippen molar-refractivity contribution in [1.29, 1.82) is 0 Å². The Kier molecular flexibility index (Phi) is 15.2. The molecule has 0 aromatic carbocycles. The Balaban J connectivity index is 0.000000194. The lowest BCUT2D eigenvalue weighted by molar-refractivity contribution is -0.192. The minimum absolute atomic E-state index is 0.0671. The van der Waals surface area contributed by atoms with Crippen molar-refractivity contribution in [2.75, 3.05) is 52.4 Å². The van der Waals surface area contributed by atoms with E-state index in [1.165, 1.54) is 22.2 Å². The highest BCUT2D eigenvalue weighted by Gasteiger charge is 2.42. The van der Waals surface area contributed by atoms with E-state index >= 15 is 0 Å². The Bertz CT molecular complexity index is 2370. The molecule has 8 heterocycles. The molecule has 2 N–H and O–H groups in total. The van der Waals surface area contributed by atoms with Gasteiger partial charge in [-0.05, 0) is 110 Å². The van der Waals surface area contributed by atoms with Crippen LogP contribution in [-0.4, -0.2) is 138 Å². The summed E-state index contributed by atoms with van der Waals surface area (Å²) in [4.78, 5) is 53.5. The zero-order valence-corrected chi connectivity index (χ0v) is 39.7. The second-order valence-corrected chi connectivity index (χ2v) is 19.2. The van der Waals surface area contributed by atoms with Gasteiger partial charge in [0.2, 0.25) is 0 Å². The Labute approximate surface area is 390 Å². The zero-order valence-electron chi connectivity index (χ0n) is 38.2. The average molecular weight is 970 g/mol. The third-order valence-electron chi connectivity index (χ3n) is 12.7. The number of nitrogens with zero attached hydrogens (tertiary/aromatic N) is 9. The number of hydrogen-bond acceptors (Lipinski definition) is 12. The Morgan fingerprint density at radius 3 is 1.35 bits per heavy atom. The van der Waals surface area contributed by atoms with Crippen LogP contribution < -0.4 is 5.32 Å². The van der Waals surface area contributed by atoms with Crippen LogP contribution in [0.15, 0.2) is 21.2 Å². The van der Waals surface area contributed by atoms with Crippen molar-refractivity contribution in [3.8, 4) is 22.8 Å². The lowest BCUT2D eigenvalue weighted by atomic mass is 9.71. The fourth-order valence-electron chi connectivity index (χ4n) is 8.83. The number of carbonyl (C=O) groups is 4. The molecule has 18 nitrogen and oxygen atoms in total. The van der Waals surface area contributed by atoms with Gasteiger partial charge >= 0.3 is 18.2 Å². The van der Waals surface area contributed by atoms with Crippen LogP contribution in [0.5, 0.6) is 0 Å². The van der Waals surface area contributed by atoms with Crippen LogP contribution in [0, 0.1) is 24.7 Å². The number of piperidine rings is 4. The van der Waals surface area contributed by atoms with Gasteiger partial charge in [-0.2, -0.15) is 23.4 Å². The van der Waals surface area contributed by atoms with Gasteiger partial charge in [-0.3, -0.25) is 19.0 Å². The molecule has 4 fully saturated rings. The summed E-state index contributed by atoms with van der Waals surface area (Å²) in [5.41, 5.74) is 2.81. The van der Waals surface area contributed by atoms with Gasteiger partial charge in [-0.1, -0.05) is 33.5 Å². The largest absolute Gasteiger partial charge is 0.490 e. The lowest BCUT2D eigenvalue weighted by Crippen LogP contribution is -2.50. The molecular weight excluding hydrogens is 912 g/mol. The molecule has 3 amide bonds. The third kappa shape index (κ3) is 11.7. The molecule has 2 spiro atoms. The first-order chi connectivity index (χ1) is 30.9. The van der Waals surface area contributed by atoms with Gasteiger partial charge in [0, 0.05) is 65.5 Å². The van der Waals surface area contributed by atoms with Crippen molar-refractivity contribution in [2.45, 2.75) is 97.8 Å². The minimum atomic E-state index is -5.08. The molecule has 4 aromatic rings. The number of amides is 3. The number of alkyl halides is 3. The number of likely N-dealkylation sites (tertiary alicyclic amines) is 3. The third-order valence-corrected chi connectivity index (χ3v) is 13.6. The number of aromatic nitrogens is 6. The smallest absolute Gasteiger partial charge is 0.475 e. The van der Waals surface area contributed by atoms with E-state index in [1.807, 2.05) is 37.5 Å². The van der Waals surface area contributed by atoms with E-state index in [9.17, 15) is 27.6 Å². The second-order valence-electron chi connectivity index (χ2n) is 18.5. The van der Waals surface area contributed by atoms with Gasteiger partial charge in [0.1, 0.15) is 61.3 Å². The summed E-state index contributed by atoms with van der Waals surface area (Å²) in [6.45, 7) is 15.6. The summed E-state index contributed by atoms with van der Waals surface area (Å²) in [5, 5.41) is 28.0. The van der Waals surface area contributed by atoms with Gasteiger partial charge in [-0.15, -0.1) is 0 Å². The molecule has 362 valence electrons. The summed E-state index contributed by atoms with van der Waals surface area (Å²) < 4.78 is 50.6. The first kappa shape index (κ1) is 50.3. The molecule has 4 saturated heterocycles. The van der Waals surface area contributed by atoms with Crippen LogP contribution in [0.25, 0.3) is 22.8 Å². The Hall–Kier alpha value is -5.15. The molecule has 4 aromatic heterocycles. The topological polar surface area (TPSA) is 207 Å². The van der Waals surface area contributed by atoms with Crippen LogP contribution in [0.4, 0.5) is 18.0 Å². The number of aliphatic carboxylic acids is 1. The standard InChI is InChI=1S/C23H32ClN5O4.C18H24ClN5O2.C2HF3O2/c1-15-14-16(26-33-15)18-17(19(24)27(5)25-18)20(30)28-10-6-23(7-11-28)8-12-29(13-9-23)21(31)32-22(2,3)4;1-12-11-13(22-26-12)15-14(16(19)23(2)21-15)17(25)24-9-5-18(6-10-24)3-7-20-8-4-18;3-2(4,5)1(6)7/h14H,6-13H2,1-5H3;11,20H,3-10H2,1-2H3;(H,6,7). The van der Waals surface area contributed by atoms with Crippen molar-refractivity contribution in [3.05, 3.63) is 45.1 Å². The summed E-state index contributed by atoms with van der Waals surface area (Å²) in [5.74, 6) is -1.64. The maximum atomic E-state index is 13.4. The number of halogens is 5. The van der Waals surface area contributed by atoms with Crippen LogP contribution in [-0.2, 0) is 23.6 Å². The summed E-state index contributed by atoms with van der Waals surface area (Å²) in [7, 11) is 3.44. The predicted molar refractivity (Wildman–Crippen MR) is 235 cm³/mol. The number of rotatable bonds is 4. The lowest BCUT2D eigenvalue weighted by Gasteiger charge is -2.46. The molecule has 66 heavy (non-hydrogen) atoms. The van der Waals surface area contributed by atoms with E-state index < -0.39 is 17.7 Å². The highest BCUT2D eigenvalue weighted by molar-refractivity contribution is 6.34. The number of ether oxygens (including phenoxy) is 1. The molecule has 0 radical (unpaired) electrons. The van der Waals surface area contributed by atoms with Gasteiger partial charge in [-0.25, -0.2) is 9.59 Å². The monoisotopic (exact) mass is 968 g/mol. The summed E-state index contributed by atoms with van der Waals surface area (Å²) >= 11 is 12.9. The van der Waals surface area contributed by atoms with Crippen molar-refractivity contribution >= 4 is 47.1 Å². The predicted octanol–water partition coefficient (Wildman–Crippen LogP) is 7.57. The van der Waals surface area contributed by atoms with Crippen LogP contribution in [0.1, 0.15) is 104 Å². The van der Waals surface area contributed by atoms with Crippen molar-refractivity contribution < 1.29 is 51.2 Å². The Morgan fingerprint density at radius 1 is 0.682 bits per heavy atom. The quantitative estimate of drug-likeness (QED) is 0.203. The number of aryl methyl sites for hydroxylation is 4. The van der Waals surface area contributed by atoms with Crippen LogP contribution in [0.2, 0.25) is 10.3 Å². The number of hydrogen-bond donors (Lipinski definition) is 2. The first-order valence-electron chi connectivity index (χ1n) is 21.8. The SMILES string of the molecule is Cc1cc(-c2nn(C)c(Cl)c2C(=O)N2CCC3(CCN(C(=O)OC(C)(C)C)CC3)CC2)no1.Cc1cc(-c2nn(C)c(Cl)c2C(=O)N2CCC3(CCNCC3)CC2)no1.O=C(O)C(F)(F)F. The molecule has 0 saturated carbocycles. The zero-order chi connectivity index (χ0) is 48.4. The number of carboxylic acids is 1. The molecule has 8 rings (SSSR count). The van der Waals surface area contributed by atoms with Gasteiger partial charge in [0.15, 0.2) is 0 Å². The van der Waals surface area contributed by atoms with Crippen molar-refractivity contribution in [3.63, 3.8) is 0 Å². The fraction of sp³-hybridized carbons (Fsp3) is 0.628. The normalized spacial score (nSPS) is 18.3. The first-order valence-corrected chi connectivity index (χ1v) is 22.6. The number of carboxylic acid groups (broad SMARTS) is 1. The van der Waals surface area contributed by atoms with E-state index in [1.54, 1.807) is 38.1 Å². The molecule has 23 heteroatoms. The van der Waals surface area contributed by atoms with E-state index in [0.29, 0.717) is 87.3 Å². The maximum Gasteiger partial charge on any atom is 0.490 e.